The van der Waals surface area contributed by atoms with Crippen LogP contribution in [0, 0.1) is 44.3 Å². The number of rotatable bonds is 18. The van der Waals surface area contributed by atoms with Gasteiger partial charge in [0.2, 0.25) is 6.54 Å². The van der Waals surface area contributed by atoms with Gasteiger partial charge in [0.1, 0.15) is 23.7 Å². The molecule has 0 aliphatic carbocycles. The normalized spacial score (nSPS) is 15.0. The summed E-state index contributed by atoms with van der Waals surface area (Å²) in [6.07, 6.45) is -5.52. The number of hydrogen-bond acceptors (Lipinski definition) is 8. The molecule has 10 nitrogen and oxygen atoms in total. The van der Waals surface area contributed by atoms with Gasteiger partial charge in [0.15, 0.2) is 8.38 Å². The maximum Gasteiger partial charge on any atom is 0.471 e. The standard InChI is InChI=1S/C36H42F3N3O7P.U/c1-40-18-24-48-50(4)49-27-33(46-25-23-41-19-21-42(22-20-41)34(43)36(37,38)39)26-47-35(28-8-6-5-7-9-28,29-10-14-31(44-2)15-11-29)30-12-16-32(45-3)17-13-30;/h5-17,25,33H,18-24,26-27H2,2-4H3;/q-1;/t33-,50?;/m1./s1. The van der Waals surface area contributed by atoms with Gasteiger partial charge in [-0.05, 0) is 41.0 Å². The molecule has 1 fully saturated rings. The van der Waals surface area contributed by atoms with Crippen LogP contribution in [0.3, 0.4) is 0 Å². The van der Waals surface area contributed by atoms with Gasteiger partial charge in [-0.25, -0.2) is 6.57 Å². The van der Waals surface area contributed by atoms with Crippen molar-refractivity contribution in [2.24, 2.45) is 0 Å². The predicted molar refractivity (Wildman–Crippen MR) is 183 cm³/mol. The van der Waals surface area contributed by atoms with Crippen molar-refractivity contribution < 1.29 is 77.1 Å². The maximum absolute atomic E-state index is 12.9. The Bertz CT molecular complexity index is 1460. The van der Waals surface area contributed by atoms with E-state index in [0.29, 0.717) is 18.0 Å². The van der Waals surface area contributed by atoms with Gasteiger partial charge in [-0.2, -0.15) is 19.8 Å². The quantitative estimate of drug-likeness (QED) is 0.0650. The van der Waals surface area contributed by atoms with Crippen molar-refractivity contribution in [3.8, 4) is 11.5 Å². The van der Waals surface area contributed by atoms with Crippen LogP contribution in [-0.4, -0.2) is 108 Å². The second kappa shape index (κ2) is 21.1. The summed E-state index contributed by atoms with van der Waals surface area (Å²) in [6.45, 7) is 11.8. The van der Waals surface area contributed by atoms with Crippen LogP contribution in [0.2, 0.25) is 0 Å². The molecular formula is C36H42F3N3O7PU-. The number of halogens is 3. The van der Waals surface area contributed by atoms with Gasteiger partial charge in [0.05, 0.1) is 33.5 Å². The minimum absolute atomic E-state index is 0. The van der Waals surface area contributed by atoms with Crippen molar-refractivity contribution in [2.75, 3.05) is 80.0 Å². The fourth-order valence-electron chi connectivity index (χ4n) is 5.46. The zero-order chi connectivity index (χ0) is 36.0. The second-order valence-electron chi connectivity index (χ2n) is 11.3. The molecule has 3 aromatic carbocycles. The van der Waals surface area contributed by atoms with Crippen molar-refractivity contribution in [2.45, 2.75) is 17.9 Å². The Kier molecular flexibility index (Phi) is 17.7. The van der Waals surface area contributed by atoms with Gasteiger partial charge < -0.3 is 42.6 Å². The molecule has 0 aromatic heterocycles. The van der Waals surface area contributed by atoms with Crippen LogP contribution in [0.4, 0.5) is 13.2 Å². The zero-order valence-electron chi connectivity index (χ0n) is 28.8. The number of nitrogens with zero attached hydrogens (tertiary/aromatic N) is 3. The van der Waals surface area contributed by atoms with Crippen LogP contribution in [0.5, 0.6) is 11.5 Å². The molecule has 1 aliphatic heterocycles. The number of benzene rings is 3. The topological polar surface area (TPSA) is 83.3 Å². The fourth-order valence-corrected chi connectivity index (χ4v) is 6.25. The molecule has 1 saturated heterocycles. The van der Waals surface area contributed by atoms with Gasteiger partial charge in [-0.3, -0.25) is 4.79 Å². The number of amides is 1. The number of carbonyl (C=O) groups excluding carboxylic acids is 1. The van der Waals surface area contributed by atoms with Crippen LogP contribution in [0.1, 0.15) is 16.7 Å². The van der Waals surface area contributed by atoms with Crippen LogP contribution in [-0.2, 0) is 28.9 Å². The minimum atomic E-state index is -4.89. The smallest absolute Gasteiger partial charge is 0.471 e. The van der Waals surface area contributed by atoms with Gasteiger partial charge >= 0.3 is 12.1 Å². The van der Waals surface area contributed by atoms with Crippen LogP contribution in [0.25, 0.3) is 4.85 Å². The van der Waals surface area contributed by atoms with E-state index in [0.717, 1.165) is 21.6 Å². The van der Waals surface area contributed by atoms with E-state index >= 15 is 0 Å². The van der Waals surface area contributed by atoms with E-state index in [9.17, 15) is 18.0 Å². The van der Waals surface area contributed by atoms with E-state index in [-0.39, 0.29) is 83.7 Å². The van der Waals surface area contributed by atoms with Crippen LogP contribution in [0.15, 0.2) is 78.9 Å². The average molecular weight is 955 g/mol. The van der Waals surface area contributed by atoms with Crippen molar-refractivity contribution in [3.63, 3.8) is 0 Å². The first kappa shape index (κ1) is 42.7. The molecule has 15 heteroatoms. The van der Waals surface area contributed by atoms with E-state index < -0.39 is 32.2 Å². The van der Waals surface area contributed by atoms with Gasteiger partial charge in [-0.15, -0.1) is 6.54 Å². The van der Waals surface area contributed by atoms with E-state index in [1.807, 2.05) is 83.8 Å². The number of methoxy groups -OCH3 is 2. The summed E-state index contributed by atoms with van der Waals surface area (Å²) in [5.74, 6) is -0.447. The summed E-state index contributed by atoms with van der Waals surface area (Å²) in [4.78, 5) is 17.7. The summed E-state index contributed by atoms with van der Waals surface area (Å²) >= 11 is 0. The van der Waals surface area contributed by atoms with Crippen molar-refractivity contribution >= 4 is 14.3 Å². The van der Waals surface area contributed by atoms with Gasteiger partial charge in [0.25, 0.3) is 0 Å². The largest absolute Gasteiger partial charge is 0.545 e. The van der Waals surface area contributed by atoms with E-state index in [4.69, 9.17) is 34.6 Å². The van der Waals surface area contributed by atoms with Crippen LogP contribution < -0.4 is 9.47 Å². The first-order valence-corrected chi connectivity index (χ1v) is 17.6. The minimum Gasteiger partial charge on any atom is -0.545 e. The molecule has 1 unspecified atom stereocenters. The Morgan fingerprint density at radius 2 is 1.41 bits per heavy atom. The second-order valence-corrected chi connectivity index (χ2v) is 12.7. The summed E-state index contributed by atoms with van der Waals surface area (Å²) < 4.78 is 74.5. The van der Waals surface area contributed by atoms with Crippen molar-refractivity contribution in [3.05, 3.63) is 114 Å². The predicted octanol–water partition coefficient (Wildman–Crippen LogP) is 6.16. The first-order chi connectivity index (χ1) is 24.1. The molecule has 0 radical (unpaired) electrons. The van der Waals surface area contributed by atoms with Gasteiger partial charge in [0, 0.05) is 64.0 Å². The molecular weight excluding hydrogens is 912 g/mol. The molecule has 2 atom stereocenters. The molecule has 51 heavy (non-hydrogen) atoms. The third-order valence-electron chi connectivity index (χ3n) is 8.10. The Morgan fingerprint density at radius 3 is 1.92 bits per heavy atom. The van der Waals surface area contributed by atoms with E-state index in [1.54, 1.807) is 27.5 Å². The fraction of sp³-hybridized carbons (Fsp3) is 0.417. The summed E-state index contributed by atoms with van der Waals surface area (Å²) in [5, 5.41) is 0. The average Bonchev–Trinajstić information content (AvgIpc) is 3.14. The third-order valence-corrected chi connectivity index (χ3v) is 9.16. The Labute approximate surface area is 322 Å². The Balaban J connectivity index is 0.00000702. The molecule has 1 aliphatic rings. The number of alkyl halides is 3. The zero-order valence-corrected chi connectivity index (χ0v) is 33.9. The maximum atomic E-state index is 12.9. The monoisotopic (exact) mass is 954 g/mol. The van der Waals surface area contributed by atoms with E-state index in [2.05, 4.69) is 4.85 Å². The summed E-state index contributed by atoms with van der Waals surface area (Å²) in [7, 11) is 1.90. The molecule has 4 rings (SSSR count). The van der Waals surface area contributed by atoms with Crippen molar-refractivity contribution in [1.29, 1.82) is 0 Å². The molecule has 274 valence electrons. The third kappa shape index (κ3) is 12.2. The molecule has 3 aromatic rings. The number of carbonyl (C=O) groups is 1. The summed E-state index contributed by atoms with van der Waals surface area (Å²) in [6, 6.07) is 25.1. The number of hydrogen-bond donors (Lipinski definition) is 0. The van der Waals surface area contributed by atoms with Gasteiger partial charge in [-0.1, -0.05) is 54.6 Å². The molecule has 1 amide bonds. The molecule has 1 heterocycles. The Morgan fingerprint density at radius 1 is 0.863 bits per heavy atom. The first-order valence-electron chi connectivity index (χ1n) is 16.0. The summed E-state index contributed by atoms with van der Waals surface area (Å²) in [5.41, 5.74) is 1.44. The van der Waals surface area contributed by atoms with Crippen LogP contribution >= 0.6 is 8.38 Å². The molecule has 0 bridgehead atoms. The number of piperazine rings is 1. The SMILES string of the molecule is [C-]#[N+]CCOP(C)OC[C@@H](COC(c1ccccc1)(c1ccc(OC)cc1)c1ccc(OC)cc1)O[CH-]CN1CCN(C(=O)C(F)(F)F)CC1.[U]. The Hall–Kier alpha value is -2.71. The van der Waals surface area contributed by atoms with Crippen molar-refractivity contribution in [1.82, 2.24) is 9.80 Å². The molecule has 0 saturated carbocycles. The number of ether oxygens (including phenoxy) is 4. The van der Waals surface area contributed by atoms with E-state index in [1.165, 1.54) is 0 Å². The molecule has 0 spiro atoms. The molecule has 0 N–H and O–H groups in total.